The van der Waals surface area contributed by atoms with E-state index in [0.29, 0.717) is 0 Å². The fraction of sp³-hybridized carbons (Fsp3) is 0.106. The van der Waals surface area contributed by atoms with Crippen molar-refractivity contribution in [1.82, 2.24) is 0 Å². The highest BCUT2D eigenvalue weighted by molar-refractivity contribution is 5.49. The van der Waals surface area contributed by atoms with Crippen LogP contribution in [0.1, 0.15) is 33.4 Å². The van der Waals surface area contributed by atoms with Gasteiger partial charge in [0.2, 0.25) is 0 Å². The molecule has 0 spiro atoms. The fourth-order valence-electron chi connectivity index (χ4n) is 6.78. The lowest BCUT2D eigenvalue weighted by atomic mass is 9.80. The molecule has 0 N–H and O–H groups in total. The number of para-hydroxylation sites is 1. The lowest BCUT2D eigenvalue weighted by Crippen LogP contribution is -2.41. The van der Waals surface area contributed by atoms with E-state index in [1.807, 2.05) is 66.7 Å². The summed E-state index contributed by atoms with van der Waals surface area (Å²) in [5, 5.41) is 0. The van der Waals surface area contributed by atoms with Gasteiger partial charge in [-0.15, -0.1) is 0 Å². The second kappa shape index (κ2) is 15.7. The highest BCUT2D eigenvalue weighted by Gasteiger charge is 2.41. The van der Waals surface area contributed by atoms with E-state index in [-0.39, 0.29) is 13.2 Å². The fourth-order valence-corrected chi connectivity index (χ4v) is 6.78. The maximum atomic E-state index is 7.30. The zero-order valence-corrected chi connectivity index (χ0v) is 27.9. The van der Waals surface area contributed by atoms with Crippen molar-refractivity contribution in [2.45, 2.75) is 17.3 Å². The van der Waals surface area contributed by atoms with Crippen LogP contribution in [0.25, 0.3) is 0 Å². The van der Waals surface area contributed by atoms with Crippen LogP contribution in [0.2, 0.25) is 0 Å². The Kier molecular flexibility index (Phi) is 10.3. The largest absolute Gasteiger partial charge is 0.486 e. The number of ether oxygens (including phenoxy) is 3. The predicted octanol–water partition coefficient (Wildman–Crippen LogP) is 10.5. The van der Waals surface area contributed by atoms with E-state index in [9.17, 15) is 0 Å². The van der Waals surface area contributed by atoms with Gasteiger partial charge in [0.1, 0.15) is 23.1 Å². The van der Waals surface area contributed by atoms with Crippen molar-refractivity contribution in [3.63, 3.8) is 0 Å². The summed E-state index contributed by atoms with van der Waals surface area (Å²) >= 11 is 0. The average molecular weight is 653 g/mol. The molecule has 0 aliphatic heterocycles. The van der Waals surface area contributed by atoms with E-state index in [1.54, 1.807) is 0 Å². The summed E-state index contributed by atoms with van der Waals surface area (Å²) in [6, 6.07) is 72.5. The van der Waals surface area contributed by atoms with Crippen LogP contribution in [0.15, 0.2) is 212 Å². The SMILES string of the molecule is c1ccc(OC(COC(c2ccccc2)(c2ccccc2)c2ccccc2)COC(c2ccccc2)(c2ccccc2)c2ccccc2)cc1. The first-order valence-corrected chi connectivity index (χ1v) is 17.1. The monoisotopic (exact) mass is 652 g/mol. The van der Waals surface area contributed by atoms with Gasteiger partial charge >= 0.3 is 0 Å². The minimum absolute atomic E-state index is 0.238. The van der Waals surface area contributed by atoms with Crippen LogP contribution in [-0.4, -0.2) is 19.3 Å². The van der Waals surface area contributed by atoms with Gasteiger partial charge in [-0.05, 0) is 45.5 Å². The number of hydrogen-bond acceptors (Lipinski definition) is 3. The molecule has 246 valence electrons. The smallest absolute Gasteiger partial charge is 0.145 e. The summed E-state index contributed by atoms with van der Waals surface area (Å²) in [5.41, 5.74) is 4.38. The third kappa shape index (κ3) is 6.88. The minimum Gasteiger partial charge on any atom is -0.486 e. The van der Waals surface area contributed by atoms with Gasteiger partial charge in [-0.2, -0.15) is 0 Å². The Labute approximate surface area is 295 Å². The van der Waals surface area contributed by atoms with E-state index in [2.05, 4.69) is 146 Å². The van der Waals surface area contributed by atoms with Crippen LogP contribution in [-0.2, 0) is 20.7 Å². The molecule has 7 aromatic carbocycles. The van der Waals surface area contributed by atoms with Gasteiger partial charge in [0.05, 0.1) is 13.2 Å². The summed E-state index contributed by atoms with van der Waals surface area (Å²) in [6.07, 6.45) is -0.483. The average Bonchev–Trinajstić information content (AvgIpc) is 3.21. The van der Waals surface area contributed by atoms with E-state index in [0.717, 1.165) is 39.1 Å². The molecule has 7 aromatic rings. The molecule has 0 saturated carbocycles. The van der Waals surface area contributed by atoms with Crippen molar-refractivity contribution >= 4 is 0 Å². The molecule has 0 amide bonds. The predicted molar refractivity (Wildman–Crippen MR) is 201 cm³/mol. The van der Waals surface area contributed by atoms with Gasteiger partial charge in [0.25, 0.3) is 0 Å². The van der Waals surface area contributed by atoms with Crippen LogP contribution in [0.3, 0.4) is 0 Å². The Morgan fingerprint density at radius 1 is 0.300 bits per heavy atom. The molecule has 0 unspecified atom stereocenters. The molecule has 0 fully saturated rings. The van der Waals surface area contributed by atoms with Crippen molar-refractivity contribution in [3.05, 3.63) is 246 Å². The van der Waals surface area contributed by atoms with Gasteiger partial charge in [-0.1, -0.05) is 200 Å². The summed E-state index contributed by atoms with van der Waals surface area (Å²) in [6.45, 7) is 0.476. The standard InChI is InChI=1S/C47H40O3/c1-8-22-38(23-9-1)46(39-24-10-2-11-25-39,40-26-12-3-13-27-40)48-36-45(50-44-34-20-7-21-35-44)37-49-47(41-28-14-4-15-29-41,42-30-16-5-17-31-42)43-32-18-6-19-33-43/h1-35,45H,36-37H2. The Bertz CT molecular complexity index is 1680. The molecule has 50 heavy (non-hydrogen) atoms. The molecule has 0 atom stereocenters. The summed E-state index contributed by atoms with van der Waals surface area (Å²) in [7, 11) is 0. The maximum absolute atomic E-state index is 7.30. The van der Waals surface area contributed by atoms with Crippen molar-refractivity contribution < 1.29 is 14.2 Å². The normalized spacial score (nSPS) is 11.7. The van der Waals surface area contributed by atoms with Gasteiger partial charge in [0.15, 0.2) is 0 Å². The van der Waals surface area contributed by atoms with E-state index in [4.69, 9.17) is 14.2 Å². The molecule has 3 heteroatoms. The molecular weight excluding hydrogens is 613 g/mol. The molecular formula is C47H40O3. The number of benzene rings is 7. The molecule has 0 heterocycles. The lowest BCUT2D eigenvalue weighted by Gasteiger charge is -2.39. The topological polar surface area (TPSA) is 27.7 Å². The molecule has 7 rings (SSSR count). The number of hydrogen-bond donors (Lipinski definition) is 0. The van der Waals surface area contributed by atoms with Crippen LogP contribution in [0.5, 0.6) is 5.75 Å². The zero-order chi connectivity index (χ0) is 33.9. The Morgan fingerprint density at radius 3 is 0.760 bits per heavy atom. The third-order valence-corrected chi connectivity index (χ3v) is 9.10. The van der Waals surface area contributed by atoms with Crippen molar-refractivity contribution in [2.24, 2.45) is 0 Å². The van der Waals surface area contributed by atoms with E-state index >= 15 is 0 Å². The molecule has 0 aliphatic carbocycles. The van der Waals surface area contributed by atoms with Gasteiger partial charge < -0.3 is 14.2 Å². The first-order chi connectivity index (χ1) is 24.8. The highest BCUT2D eigenvalue weighted by Crippen LogP contribution is 2.42. The molecule has 0 bridgehead atoms. The molecule has 0 aromatic heterocycles. The Hall–Kier alpha value is -5.74. The molecule has 0 aliphatic rings. The van der Waals surface area contributed by atoms with E-state index < -0.39 is 17.3 Å². The van der Waals surface area contributed by atoms with Gasteiger partial charge in [-0.3, -0.25) is 0 Å². The molecule has 0 saturated heterocycles. The summed E-state index contributed by atoms with van der Waals surface area (Å²) in [5.74, 6) is 0.749. The first-order valence-electron chi connectivity index (χ1n) is 17.1. The quantitative estimate of drug-likeness (QED) is 0.109. The van der Waals surface area contributed by atoms with Crippen LogP contribution in [0, 0.1) is 0 Å². The first kappa shape index (κ1) is 32.8. The zero-order valence-electron chi connectivity index (χ0n) is 27.9. The molecule has 3 nitrogen and oxygen atoms in total. The van der Waals surface area contributed by atoms with Gasteiger partial charge in [0, 0.05) is 0 Å². The summed E-state index contributed by atoms with van der Waals surface area (Å²) in [4.78, 5) is 0. The Morgan fingerprint density at radius 2 is 0.520 bits per heavy atom. The van der Waals surface area contributed by atoms with Crippen LogP contribution in [0.4, 0.5) is 0 Å². The Balaban J connectivity index is 1.32. The van der Waals surface area contributed by atoms with Crippen LogP contribution < -0.4 is 4.74 Å². The van der Waals surface area contributed by atoms with Crippen molar-refractivity contribution in [2.75, 3.05) is 13.2 Å². The highest BCUT2D eigenvalue weighted by atomic mass is 16.6. The second-order valence-corrected chi connectivity index (χ2v) is 12.2. The van der Waals surface area contributed by atoms with Crippen molar-refractivity contribution in [1.29, 1.82) is 0 Å². The number of rotatable bonds is 14. The maximum Gasteiger partial charge on any atom is 0.145 e. The second-order valence-electron chi connectivity index (χ2n) is 12.2. The van der Waals surface area contributed by atoms with E-state index in [1.165, 1.54) is 0 Å². The minimum atomic E-state index is -0.905. The lowest BCUT2D eigenvalue weighted by molar-refractivity contribution is -0.0802. The third-order valence-electron chi connectivity index (χ3n) is 9.10. The van der Waals surface area contributed by atoms with Gasteiger partial charge in [-0.25, -0.2) is 0 Å². The summed E-state index contributed by atoms with van der Waals surface area (Å²) < 4.78 is 21.4. The van der Waals surface area contributed by atoms with Crippen molar-refractivity contribution in [3.8, 4) is 5.75 Å². The molecule has 0 radical (unpaired) electrons. The van der Waals surface area contributed by atoms with Crippen LogP contribution >= 0.6 is 0 Å².